The van der Waals surface area contributed by atoms with E-state index in [4.69, 9.17) is 0 Å². The Hall–Kier alpha value is -1.60. The topological polar surface area (TPSA) is 12.0 Å². The molecule has 1 saturated carbocycles. The van der Waals surface area contributed by atoms with E-state index in [0.29, 0.717) is 11.5 Å². The van der Waals surface area contributed by atoms with Crippen molar-refractivity contribution >= 4 is 0 Å². The number of aryl methyl sites for hydroxylation is 2. The van der Waals surface area contributed by atoms with E-state index in [1.54, 1.807) is 0 Å². The van der Waals surface area contributed by atoms with Crippen LogP contribution in [0.5, 0.6) is 0 Å². The van der Waals surface area contributed by atoms with E-state index in [-0.39, 0.29) is 0 Å². The lowest BCUT2D eigenvalue weighted by atomic mass is 9.93. The van der Waals surface area contributed by atoms with Crippen LogP contribution < -0.4 is 5.32 Å². The van der Waals surface area contributed by atoms with Gasteiger partial charge in [-0.25, -0.2) is 0 Å². The van der Waals surface area contributed by atoms with Crippen molar-refractivity contribution in [2.75, 3.05) is 6.54 Å². The molecule has 1 aliphatic rings. The molecule has 1 N–H and O–H groups in total. The van der Waals surface area contributed by atoms with Crippen molar-refractivity contribution in [1.29, 1.82) is 0 Å². The van der Waals surface area contributed by atoms with Gasteiger partial charge in [-0.3, -0.25) is 0 Å². The lowest BCUT2D eigenvalue weighted by Crippen LogP contribution is -2.28. The molecule has 0 spiro atoms. The average Bonchev–Trinajstić information content (AvgIpc) is 3.20. The Balaban J connectivity index is 1.91. The molecule has 0 heterocycles. The summed E-state index contributed by atoms with van der Waals surface area (Å²) in [4.78, 5) is 0. The standard InChI is InChI=1S/C20H25N/c1-15-9-10-18(16(2)13-15)19(17-7-5-4-6-8-17)21-14-20(3)11-12-20/h4-10,13,19,21H,11-12,14H2,1-3H3. The number of hydrogen-bond donors (Lipinski definition) is 1. The quantitative estimate of drug-likeness (QED) is 0.830. The van der Waals surface area contributed by atoms with Crippen molar-refractivity contribution in [2.24, 2.45) is 5.41 Å². The number of nitrogens with one attached hydrogen (secondary N) is 1. The number of benzene rings is 2. The number of rotatable bonds is 5. The molecule has 2 aromatic carbocycles. The molecule has 0 bridgehead atoms. The van der Waals surface area contributed by atoms with Gasteiger partial charge in [0.2, 0.25) is 0 Å². The molecule has 110 valence electrons. The second-order valence-corrected chi connectivity index (χ2v) is 6.90. The molecular formula is C20H25N. The molecule has 0 aliphatic heterocycles. The first-order chi connectivity index (χ1) is 10.1. The highest BCUT2D eigenvalue weighted by atomic mass is 14.9. The van der Waals surface area contributed by atoms with Gasteiger partial charge < -0.3 is 5.32 Å². The van der Waals surface area contributed by atoms with Gasteiger partial charge in [0.05, 0.1) is 6.04 Å². The Bertz CT molecular complexity index is 611. The highest BCUT2D eigenvalue weighted by molar-refractivity contribution is 5.39. The first kappa shape index (κ1) is 14.3. The van der Waals surface area contributed by atoms with Crippen molar-refractivity contribution in [3.05, 3.63) is 70.8 Å². The fourth-order valence-electron chi connectivity index (χ4n) is 2.94. The van der Waals surface area contributed by atoms with Crippen LogP contribution in [0.3, 0.4) is 0 Å². The van der Waals surface area contributed by atoms with Crippen molar-refractivity contribution < 1.29 is 0 Å². The zero-order valence-electron chi connectivity index (χ0n) is 13.3. The maximum absolute atomic E-state index is 3.82. The summed E-state index contributed by atoms with van der Waals surface area (Å²) in [5.41, 5.74) is 5.98. The van der Waals surface area contributed by atoms with Crippen LogP contribution in [-0.2, 0) is 0 Å². The van der Waals surface area contributed by atoms with Gasteiger partial charge in [0, 0.05) is 6.54 Å². The lowest BCUT2D eigenvalue weighted by molar-refractivity contribution is 0.469. The molecule has 1 nitrogen and oxygen atoms in total. The van der Waals surface area contributed by atoms with Gasteiger partial charge in [0.15, 0.2) is 0 Å². The van der Waals surface area contributed by atoms with Crippen LogP contribution in [0.15, 0.2) is 48.5 Å². The highest BCUT2D eigenvalue weighted by Gasteiger charge is 2.37. The molecule has 2 aromatic rings. The summed E-state index contributed by atoms with van der Waals surface area (Å²) in [5, 5.41) is 3.82. The molecule has 1 atom stereocenters. The number of hydrogen-bond acceptors (Lipinski definition) is 1. The van der Waals surface area contributed by atoms with Crippen molar-refractivity contribution in [2.45, 2.75) is 39.7 Å². The third-order valence-corrected chi connectivity index (χ3v) is 4.71. The minimum absolute atomic E-state index is 0.296. The van der Waals surface area contributed by atoms with E-state index in [0.717, 1.165) is 6.54 Å². The largest absolute Gasteiger partial charge is 0.306 e. The summed E-state index contributed by atoms with van der Waals surface area (Å²) >= 11 is 0. The van der Waals surface area contributed by atoms with Crippen LogP contribution in [0.4, 0.5) is 0 Å². The normalized spacial score (nSPS) is 17.5. The second kappa shape index (κ2) is 5.65. The molecule has 0 saturated heterocycles. The Morgan fingerprint density at radius 1 is 1.05 bits per heavy atom. The van der Waals surface area contributed by atoms with Crippen LogP contribution in [-0.4, -0.2) is 6.54 Å². The lowest BCUT2D eigenvalue weighted by Gasteiger charge is -2.24. The zero-order chi connectivity index (χ0) is 14.9. The van der Waals surface area contributed by atoms with Crippen LogP contribution in [0.2, 0.25) is 0 Å². The van der Waals surface area contributed by atoms with E-state index < -0.39 is 0 Å². The predicted octanol–water partition coefficient (Wildman–Crippen LogP) is 4.78. The molecule has 21 heavy (non-hydrogen) atoms. The zero-order valence-corrected chi connectivity index (χ0v) is 13.3. The molecular weight excluding hydrogens is 254 g/mol. The van der Waals surface area contributed by atoms with E-state index in [9.17, 15) is 0 Å². The van der Waals surface area contributed by atoms with Crippen LogP contribution >= 0.6 is 0 Å². The third kappa shape index (κ3) is 3.36. The van der Waals surface area contributed by atoms with E-state index in [1.807, 2.05) is 0 Å². The van der Waals surface area contributed by atoms with Crippen LogP contribution in [0, 0.1) is 19.3 Å². The van der Waals surface area contributed by atoms with Crippen LogP contribution in [0.25, 0.3) is 0 Å². The molecule has 0 amide bonds. The Labute approximate surface area is 128 Å². The van der Waals surface area contributed by atoms with Crippen molar-refractivity contribution in [1.82, 2.24) is 5.32 Å². The summed E-state index contributed by atoms with van der Waals surface area (Å²) in [6.07, 6.45) is 2.71. The molecule has 1 fully saturated rings. The first-order valence-electron chi connectivity index (χ1n) is 7.93. The van der Waals surface area contributed by atoms with Gasteiger partial charge >= 0.3 is 0 Å². The van der Waals surface area contributed by atoms with Crippen LogP contribution in [0.1, 0.15) is 48.1 Å². The van der Waals surface area contributed by atoms with Crippen molar-refractivity contribution in [3.8, 4) is 0 Å². The average molecular weight is 279 g/mol. The van der Waals surface area contributed by atoms with Gasteiger partial charge in [-0.2, -0.15) is 0 Å². The fourth-order valence-corrected chi connectivity index (χ4v) is 2.94. The molecule has 1 heteroatoms. The Kier molecular flexibility index (Phi) is 3.86. The van der Waals surface area contributed by atoms with Gasteiger partial charge in [-0.05, 0) is 48.8 Å². The van der Waals surface area contributed by atoms with Gasteiger partial charge in [-0.1, -0.05) is 61.0 Å². The Morgan fingerprint density at radius 2 is 1.76 bits per heavy atom. The smallest absolute Gasteiger partial charge is 0.0579 e. The highest BCUT2D eigenvalue weighted by Crippen LogP contribution is 2.44. The maximum atomic E-state index is 3.82. The molecule has 1 unspecified atom stereocenters. The molecule has 1 aliphatic carbocycles. The monoisotopic (exact) mass is 279 g/mol. The summed E-state index contributed by atoms with van der Waals surface area (Å²) in [6.45, 7) is 7.86. The van der Waals surface area contributed by atoms with E-state index in [2.05, 4.69) is 74.6 Å². The summed E-state index contributed by atoms with van der Waals surface area (Å²) in [7, 11) is 0. The van der Waals surface area contributed by atoms with Gasteiger partial charge in [-0.15, -0.1) is 0 Å². The molecule has 0 radical (unpaired) electrons. The summed E-state index contributed by atoms with van der Waals surface area (Å²) < 4.78 is 0. The SMILES string of the molecule is Cc1ccc(C(NCC2(C)CC2)c2ccccc2)c(C)c1. The van der Waals surface area contributed by atoms with Gasteiger partial charge in [0.25, 0.3) is 0 Å². The van der Waals surface area contributed by atoms with E-state index >= 15 is 0 Å². The predicted molar refractivity (Wildman–Crippen MR) is 89.5 cm³/mol. The first-order valence-corrected chi connectivity index (χ1v) is 7.93. The maximum Gasteiger partial charge on any atom is 0.0579 e. The van der Waals surface area contributed by atoms with E-state index in [1.165, 1.54) is 35.1 Å². The van der Waals surface area contributed by atoms with Crippen molar-refractivity contribution in [3.63, 3.8) is 0 Å². The Morgan fingerprint density at radius 3 is 2.38 bits per heavy atom. The second-order valence-electron chi connectivity index (χ2n) is 6.90. The molecule has 0 aromatic heterocycles. The van der Waals surface area contributed by atoms with Gasteiger partial charge in [0.1, 0.15) is 0 Å². The minimum Gasteiger partial charge on any atom is -0.306 e. The fraction of sp³-hybridized carbons (Fsp3) is 0.400. The third-order valence-electron chi connectivity index (χ3n) is 4.71. The summed E-state index contributed by atoms with van der Waals surface area (Å²) in [5.74, 6) is 0. The molecule has 3 rings (SSSR count). The summed E-state index contributed by atoms with van der Waals surface area (Å²) in [6, 6.07) is 17.9. The minimum atomic E-state index is 0.296.